The zero-order valence-electron chi connectivity index (χ0n) is 17.8. The van der Waals surface area contributed by atoms with E-state index in [1.807, 2.05) is 0 Å². The van der Waals surface area contributed by atoms with E-state index in [1.54, 1.807) is 0 Å². The molecule has 12 heteroatoms. The number of alkyl halides is 3. The number of H-pyrrole nitrogens is 1. The third-order valence-electron chi connectivity index (χ3n) is 5.33. The standard InChI is InChI=1S/C22H21F5N4O3.3H2/c23-15-9-12(31-21(32)29-6-4-13-3-1-2-8-33-13)10-16(24)19(15)34-17-5-7-28-20-18(17)14(11-30-20)22(25,26)27;;;/h5,7,9-11,13H,1-4,6,8H2,(H,28,30)(H2,29,31,32);3*1H. The van der Waals surface area contributed by atoms with Gasteiger partial charge in [-0.05, 0) is 31.7 Å². The van der Waals surface area contributed by atoms with Gasteiger partial charge in [0.05, 0.1) is 17.1 Å². The number of ether oxygens (including phenoxy) is 2. The summed E-state index contributed by atoms with van der Waals surface area (Å²) in [6.07, 6.45) is 0.782. The lowest BCUT2D eigenvalue weighted by atomic mass is 10.1. The summed E-state index contributed by atoms with van der Waals surface area (Å²) in [5.41, 5.74) is -1.43. The van der Waals surface area contributed by atoms with Gasteiger partial charge >= 0.3 is 12.2 Å². The monoisotopic (exact) mass is 490 g/mol. The number of halogens is 5. The fourth-order valence-electron chi connectivity index (χ4n) is 3.73. The maximum absolute atomic E-state index is 14.6. The molecule has 34 heavy (non-hydrogen) atoms. The molecule has 2 amide bonds. The van der Waals surface area contributed by atoms with Crippen molar-refractivity contribution < 1.29 is 40.5 Å². The number of rotatable bonds is 6. The molecule has 3 heterocycles. The quantitative estimate of drug-likeness (QED) is 0.346. The van der Waals surface area contributed by atoms with E-state index in [2.05, 4.69) is 20.6 Å². The van der Waals surface area contributed by atoms with Crippen molar-refractivity contribution >= 4 is 22.8 Å². The van der Waals surface area contributed by atoms with Crippen molar-refractivity contribution in [3.63, 3.8) is 0 Å². The van der Waals surface area contributed by atoms with Gasteiger partial charge in [0.2, 0.25) is 0 Å². The Kier molecular flexibility index (Phi) is 6.87. The van der Waals surface area contributed by atoms with E-state index >= 15 is 0 Å². The van der Waals surface area contributed by atoms with Crippen LogP contribution in [0.15, 0.2) is 30.6 Å². The van der Waals surface area contributed by atoms with Gasteiger partial charge in [0.15, 0.2) is 17.4 Å². The van der Waals surface area contributed by atoms with Crippen molar-refractivity contribution in [2.45, 2.75) is 38.0 Å². The first-order valence-corrected chi connectivity index (χ1v) is 10.6. The minimum absolute atomic E-state index is 0. The average molecular weight is 490 g/mol. The number of hydrogen-bond acceptors (Lipinski definition) is 4. The Morgan fingerprint density at radius 1 is 1.26 bits per heavy atom. The Balaban J connectivity index is 0.00000228. The topological polar surface area (TPSA) is 88.3 Å². The molecule has 1 atom stereocenters. The van der Waals surface area contributed by atoms with Crippen LogP contribution < -0.4 is 15.4 Å². The number of urea groups is 1. The molecule has 0 aliphatic carbocycles. The fraction of sp³-hybridized carbons (Fsp3) is 0.364. The van der Waals surface area contributed by atoms with Crippen LogP contribution in [0.5, 0.6) is 11.5 Å². The minimum Gasteiger partial charge on any atom is -0.450 e. The molecule has 188 valence electrons. The van der Waals surface area contributed by atoms with Crippen LogP contribution >= 0.6 is 0 Å². The molecule has 1 saturated heterocycles. The molecular formula is C22H27F5N4O3. The number of amides is 2. The lowest BCUT2D eigenvalue weighted by molar-refractivity contribution is -0.136. The average Bonchev–Trinajstić information content (AvgIpc) is 3.23. The molecule has 1 unspecified atom stereocenters. The van der Waals surface area contributed by atoms with Crippen LogP contribution in [0, 0.1) is 11.6 Å². The summed E-state index contributed by atoms with van der Waals surface area (Å²) in [5.74, 6) is -3.76. The van der Waals surface area contributed by atoms with Gasteiger partial charge in [-0.2, -0.15) is 13.2 Å². The molecule has 0 spiro atoms. The predicted molar refractivity (Wildman–Crippen MR) is 119 cm³/mol. The first-order chi connectivity index (χ1) is 16.2. The molecule has 4 rings (SSSR count). The molecule has 1 aromatic carbocycles. The van der Waals surface area contributed by atoms with Crippen LogP contribution in [0.1, 0.15) is 35.5 Å². The van der Waals surface area contributed by atoms with Gasteiger partial charge < -0.3 is 25.1 Å². The van der Waals surface area contributed by atoms with E-state index < -0.39 is 46.3 Å². The summed E-state index contributed by atoms with van der Waals surface area (Å²) < 4.78 is 79.8. The van der Waals surface area contributed by atoms with Crippen LogP contribution in [0.4, 0.5) is 32.4 Å². The van der Waals surface area contributed by atoms with Gasteiger partial charge in [-0.3, -0.25) is 0 Å². The van der Waals surface area contributed by atoms with E-state index in [0.29, 0.717) is 25.8 Å². The second-order valence-electron chi connectivity index (χ2n) is 7.76. The van der Waals surface area contributed by atoms with Crippen LogP contribution in [0.25, 0.3) is 11.0 Å². The number of hydrogen-bond donors (Lipinski definition) is 3. The molecule has 0 radical (unpaired) electrons. The highest BCUT2D eigenvalue weighted by Crippen LogP contribution is 2.40. The number of fused-ring (bicyclic) bond motifs is 1. The van der Waals surface area contributed by atoms with E-state index in [-0.39, 0.29) is 21.7 Å². The maximum atomic E-state index is 14.6. The zero-order chi connectivity index (χ0) is 24.3. The smallest absolute Gasteiger partial charge is 0.418 e. The Bertz CT molecular complexity index is 1170. The summed E-state index contributed by atoms with van der Waals surface area (Å²) in [4.78, 5) is 18.2. The van der Waals surface area contributed by atoms with Crippen molar-refractivity contribution in [2.24, 2.45) is 0 Å². The summed E-state index contributed by atoms with van der Waals surface area (Å²) in [7, 11) is 0. The summed E-state index contributed by atoms with van der Waals surface area (Å²) >= 11 is 0. The highest BCUT2D eigenvalue weighted by Gasteiger charge is 2.35. The van der Waals surface area contributed by atoms with Crippen molar-refractivity contribution in [1.29, 1.82) is 0 Å². The van der Waals surface area contributed by atoms with Gasteiger partial charge in [-0.25, -0.2) is 18.6 Å². The number of benzene rings is 1. The Morgan fingerprint density at radius 3 is 2.71 bits per heavy atom. The number of nitrogens with zero attached hydrogens (tertiary/aromatic N) is 1. The van der Waals surface area contributed by atoms with Crippen LogP contribution in [-0.4, -0.2) is 35.3 Å². The molecule has 0 saturated carbocycles. The minimum atomic E-state index is -4.74. The van der Waals surface area contributed by atoms with Gasteiger partial charge in [-0.15, -0.1) is 0 Å². The third-order valence-corrected chi connectivity index (χ3v) is 5.33. The Morgan fingerprint density at radius 2 is 2.03 bits per heavy atom. The first kappa shape index (κ1) is 23.7. The lowest BCUT2D eigenvalue weighted by Crippen LogP contribution is -2.32. The number of carbonyl (C=O) groups is 1. The Hall–Kier alpha value is -3.41. The SMILES string of the molecule is O=C(NCCC1CCCCO1)Nc1cc(F)c(Oc2ccnc3[nH]cc(C(F)(F)F)c23)c(F)c1.[HH].[HH].[HH]. The number of nitrogens with one attached hydrogen (secondary N) is 3. The number of aromatic amines is 1. The van der Waals surface area contributed by atoms with E-state index in [1.165, 1.54) is 0 Å². The molecule has 0 bridgehead atoms. The fourth-order valence-corrected chi connectivity index (χ4v) is 3.73. The predicted octanol–water partition coefficient (Wildman–Crippen LogP) is 6.47. The second kappa shape index (κ2) is 9.84. The summed E-state index contributed by atoms with van der Waals surface area (Å²) in [5, 5.41) is 4.44. The molecule has 1 fully saturated rings. The zero-order valence-corrected chi connectivity index (χ0v) is 17.8. The van der Waals surface area contributed by atoms with Gasteiger partial charge in [0.1, 0.15) is 11.4 Å². The normalized spacial score (nSPS) is 16.4. The summed E-state index contributed by atoms with van der Waals surface area (Å²) in [6, 6.07) is 2.02. The Labute approximate surface area is 195 Å². The van der Waals surface area contributed by atoms with Crippen LogP contribution in [0.2, 0.25) is 0 Å². The highest BCUT2D eigenvalue weighted by atomic mass is 19.4. The van der Waals surface area contributed by atoms with Crippen molar-refractivity contribution in [2.75, 3.05) is 18.5 Å². The number of anilines is 1. The largest absolute Gasteiger partial charge is 0.450 e. The lowest BCUT2D eigenvalue weighted by Gasteiger charge is -2.22. The number of pyridine rings is 1. The third kappa shape index (κ3) is 5.38. The maximum Gasteiger partial charge on any atom is 0.418 e. The molecule has 3 N–H and O–H groups in total. The number of aromatic nitrogens is 2. The first-order valence-electron chi connectivity index (χ1n) is 10.6. The molecule has 1 aliphatic heterocycles. The second-order valence-corrected chi connectivity index (χ2v) is 7.76. The highest BCUT2D eigenvalue weighted by molar-refractivity contribution is 5.89. The van der Waals surface area contributed by atoms with Gasteiger partial charge in [0, 0.05) is 47.6 Å². The molecule has 2 aromatic heterocycles. The molecule has 3 aromatic rings. The number of carbonyl (C=O) groups excluding carboxylic acids is 1. The molecular weight excluding hydrogens is 463 g/mol. The van der Waals surface area contributed by atoms with E-state index in [9.17, 15) is 26.7 Å². The van der Waals surface area contributed by atoms with Crippen molar-refractivity contribution in [3.05, 3.63) is 47.8 Å². The van der Waals surface area contributed by atoms with Crippen LogP contribution in [0.3, 0.4) is 0 Å². The van der Waals surface area contributed by atoms with E-state index in [4.69, 9.17) is 9.47 Å². The van der Waals surface area contributed by atoms with Crippen LogP contribution in [-0.2, 0) is 10.9 Å². The van der Waals surface area contributed by atoms with Crippen molar-refractivity contribution in [1.82, 2.24) is 15.3 Å². The van der Waals surface area contributed by atoms with E-state index in [0.717, 1.165) is 43.7 Å². The van der Waals surface area contributed by atoms with Gasteiger partial charge in [-0.1, -0.05) is 0 Å². The van der Waals surface area contributed by atoms with Crippen molar-refractivity contribution in [3.8, 4) is 11.5 Å². The molecule has 1 aliphatic rings. The summed E-state index contributed by atoms with van der Waals surface area (Å²) in [6.45, 7) is 1.01. The molecule has 7 nitrogen and oxygen atoms in total. The van der Waals surface area contributed by atoms with Gasteiger partial charge in [0.25, 0.3) is 0 Å².